The number of aliphatic carboxylic acids is 1. The van der Waals surface area contributed by atoms with Gasteiger partial charge in [0.15, 0.2) is 17.4 Å². The quantitative estimate of drug-likeness (QED) is 0.363. The van der Waals surface area contributed by atoms with Crippen LogP contribution in [0.15, 0.2) is 34.7 Å². The zero-order valence-corrected chi connectivity index (χ0v) is 18.1. The number of rotatable bonds is 9. The molecule has 0 spiro atoms. The van der Waals surface area contributed by atoms with Crippen molar-refractivity contribution in [3.05, 3.63) is 47.4 Å². The second-order valence-corrected chi connectivity index (χ2v) is 7.43. The van der Waals surface area contributed by atoms with E-state index in [1.807, 2.05) is 26.0 Å². The Morgan fingerprint density at radius 2 is 1.97 bits per heavy atom. The Hall–Kier alpha value is -3.60. The van der Waals surface area contributed by atoms with E-state index in [4.69, 9.17) is 9.52 Å². The Labute approximate surface area is 182 Å². The fraction of sp³-hybridized carbons (Fsp3) is 0.300. The summed E-state index contributed by atoms with van der Waals surface area (Å²) in [5.41, 5.74) is 0.219. The maximum Gasteiger partial charge on any atom is 0.323 e. The van der Waals surface area contributed by atoms with Crippen molar-refractivity contribution < 1.29 is 24.2 Å². The highest BCUT2D eigenvalue weighted by atomic mass is 32.1. The molecule has 3 rings (SSSR count). The minimum absolute atomic E-state index is 0.0241. The molecule has 164 valence electrons. The van der Waals surface area contributed by atoms with Crippen LogP contribution in [0.1, 0.15) is 41.3 Å². The van der Waals surface area contributed by atoms with Crippen LogP contribution in [0.25, 0.3) is 0 Å². The molecule has 0 aliphatic heterocycles. The van der Waals surface area contributed by atoms with Gasteiger partial charge >= 0.3 is 5.97 Å². The number of para-hydroxylation sites is 1. The first kappa shape index (κ1) is 22.1. The van der Waals surface area contributed by atoms with Gasteiger partial charge in [-0.25, -0.2) is 0 Å². The lowest BCUT2D eigenvalue weighted by atomic mass is 10.1. The third-order valence-corrected chi connectivity index (χ3v) is 5.08. The molecule has 1 amide bonds. The molecule has 0 bridgehead atoms. The van der Waals surface area contributed by atoms with Gasteiger partial charge in [0.05, 0.1) is 29.0 Å². The SMILES string of the molecule is CC[C@@H](Nc1nsnc1Nc1cccc(C(=O)N(C)CC(=O)O)c1O)c1ccc(C)o1. The third kappa shape index (κ3) is 5.12. The molecule has 0 saturated carbocycles. The van der Waals surface area contributed by atoms with E-state index in [1.54, 1.807) is 12.1 Å². The summed E-state index contributed by atoms with van der Waals surface area (Å²) >= 11 is 0.989. The molecule has 2 heterocycles. The van der Waals surface area contributed by atoms with Gasteiger partial charge in [0.1, 0.15) is 18.1 Å². The molecule has 31 heavy (non-hydrogen) atoms. The summed E-state index contributed by atoms with van der Waals surface area (Å²) in [5, 5.41) is 25.8. The average molecular weight is 446 g/mol. The smallest absolute Gasteiger partial charge is 0.323 e. The number of hydrogen-bond donors (Lipinski definition) is 4. The Balaban J connectivity index is 1.80. The molecule has 3 aromatic rings. The first-order valence-electron chi connectivity index (χ1n) is 9.51. The number of furan rings is 1. The number of carbonyl (C=O) groups excluding carboxylic acids is 1. The largest absolute Gasteiger partial charge is 0.505 e. The van der Waals surface area contributed by atoms with Crippen molar-refractivity contribution in [3.8, 4) is 5.75 Å². The van der Waals surface area contributed by atoms with Crippen LogP contribution in [0, 0.1) is 6.92 Å². The summed E-state index contributed by atoms with van der Waals surface area (Å²) in [4.78, 5) is 24.4. The molecular formula is C20H23N5O5S. The molecule has 10 nitrogen and oxygen atoms in total. The zero-order chi connectivity index (χ0) is 22.5. The van der Waals surface area contributed by atoms with Gasteiger partial charge in [-0.1, -0.05) is 13.0 Å². The van der Waals surface area contributed by atoms with Gasteiger partial charge in [-0.2, -0.15) is 8.75 Å². The van der Waals surface area contributed by atoms with Crippen molar-refractivity contribution in [2.24, 2.45) is 0 Å². The fourth-order valence-corrected chi connectivity index (χ4v) is 3.45. The second-order valence-electron chi connectivity index (χ2n) is 6.90. The molecule has 11 heteroatoms. The van der Waals surface area contributed by atoms with Crippen LogP contribution in [0.3, 0.4) is 0 Å². The molecule has 0 aliphatic rings. The number of anilines is 3. The van der Waals surface area contributed by atoms with Crippen molar-refractivity contribution in [1.82, 2.24) is 13.6 Å². The first-order chi connectivity index (χ1) is 14.8. The number of phenolic OH excluding ortho intramolecular Hbond substituents is 1. The number of carbonyl (C=O) groups is 2. The minimum Gasteiger partial charge on any atom is -0.505 e. The van der Waals surface area contributed by atoms with Crippen LogP contribution < -0.4 is 10.6 Å². The molecule has 1 atom stereocenters. The zero-order valence-electron chi connectivity index (χ0n) is 17.2. The number of aromatic nitrogens is 2. The predicted molar refractivity (Wildman–Crippen MR) is 116 cm³/mol. The third-order valence-electron chi connectivity index (χ3n) is 4.55. The lowest BCUT2D eigenvalue weighted by molar-refractivity contribution is -0.137. The number of likely N-dealkylation sites (N-methyl/N-ethyl adjacent to an activating group) is 1. The summed E-state index contributed by atoms with van der Waals surface area (Å²) in [5.74, 6) is 0.372. The molecule has 1 aromatic carbocycles. The number of carboxylic acid groups (broad SMARTS) is 1. The Kier molecular flexibility index (Phi) is 6.75. The summed E-state index contributed by atoms with van der Waals surface area (Å²) in [6.07, 6.45) is 0.745. The summed E-state index contributed by atoms with van der Waals surface area (Å²) in [6.45, 7) is 3.40. The van der Waals surface area contributed by atoms with Gasteiger partial charge < -0.3 is 30.2 Å². The van der Waals surface area contributed by atoms with E-state index in [0.717, 1.165) is 34.6 Å². The number of carboxylic acids is 1. The highest BCUT2D eigenvalue weighted by Crippen LogP contribution is 2.34. The predicted octanol–water partition coefficient (Wildman–Crippen LogP) is 3.61. The van der Waals surface area contributed by atoms with Crippen LogP contribution in [0.2, 0.25) is 0 Å². The van der Waals surface area contributed by atoms with Gasteiger partial charge in [0.25, 0.3) is 5.91 Å². The second kappa shape index (κ2) is 9.47. The van der Waals surface area contributed by atoms with E-state index in [-0.39, 0.29) is 23.0 Å². The van der Waals surface area contributed by atoms with Gasteiger partial charge in [0.2, 0.25) is 0 Å². The van der Waals surface area contributed by atoms with Crippen LogP contribution in [0.5, 0.6) is 5.75 Å². The summed E-state index contributed by atoms with van der Waals surface area (Å²) < 4.78 is 14.2. The minimum atomic E-state index is -1.15. The average Bonchev–Trinajstić information content (AvgIpc) is 3.35. The Morgan fingerprint density at radius 3 is 2.61 bits per heavy atom. The number of phenols is 1. The summed E-state index contributed by atoms with van der Waals surface area (Å²) in [6, 6.07) is 8.25. The Morgan fingerprint density at radius 1 is 1.23 bits per heavy atom. The van der Waals surface area contributed by atoms with E-state index >= 15 is 0 Å². The van der Waals surface area contributed by atoms with Crippen LogP contribution in [-0.4, -0.2) is 49.3 Å². The number of benzene rings is 1. The molecule has 0 saturated heterocycles. The number of aryl methyl sites for hydroxylation is 1. The van der Waals surface area contributed by atoms with E-state index < -0.39 is 18.4 Å². The van der Waals surface area contributed by atoms with E-state index in [0.29, 0.717) is 11.6 Å². The molecule has 0 aliphatic carbocycles. The number of nitrogens with one attached hydrogen (secondary N) is 2. The van der Waals surface area contributed by atoms with Crippen LogP contribution >= 0.6 is 11.7 Å². The number of hydrogen-bond acceptors (Lipinski definition) is 9. The van der Waals surface area contributed by atoms with Gasteiger partial charge in [0, 0.05) is 7.05 Å². The van der Waals surface area contributed by atoms with Crippen molar-refractivity contribution in [2.45, 2.75) is 26.3 Å². The lowest BCUT2D eigenvalue weighted by Gasteiger charge is -2.17. The van der Waals surface area contributed by atoms with E-state index in [2.05, 4.69) is 19.4 Å². The number of nitrogens with zero attached hydrogens (tertiary/aromatic N) is 3. The number of amides is 1. The Bertz CT molecular complexity index is 1080. The maximum atomic E-state index is 12.5. The molecule has 0 radical (unpaired) electrons. The highest BCUT2D eigenvalue weighted by Gasteiger charge is 2.22. The van der Waals surface area contributed by atoms with Gasteiger partial charge in [-0.3, -0.25) is 9.59 Å². The fourth-order valence-electron chi connectivity index (χ4n) is 2.97. The molecule has 0 unspecified atom stereocenters. The molecular weight excluding hydrogens is 422 g/mol. The van der Waals surface area contributed by atoms with Gasteiger partial charge in [-0.15, -0.1) is 0 Å². The van der Waals surface area contributed by atoms with Crippen LogP contribution in [0.4, 0.5) is 17.3 Å². The van der Waals surface area contributed by atoms with Crippen molar-refractivity contribution >= 4 is 40.9 Å². The van der Waals surface area contributed by atoms with Crippen LogP contribution in [-0.2, 0) is 4.79 Å². The van der Waals surface area contributed by atoms with Crippen molar-refractivity contribution in [3.63, 3.8) is 0 Å². The molecule has 4 N–H and O–H groups in total. The van der Waals surface area contributed by atoms with E-state index in [1.165, 1.54) is 13.1 Å². The van der Waals surface area contributed by atoms with Crippen molar-refractivity contribution in [1.29, 1.82) is 0 Å². The molecule has 0 fully saturated rings. The topological polar surface area (TPSA) is 141 Å². The summed E-state index contributed by atoms with van der Waals surface area (Å²) in [7, 11) is 1.35. The van der Waals surface area contributed by atoms with Crippen molar-refractivity contribution in [2.75, 3.05) is 24.2 Å². The highest BCUT2D eigenvalue weighted by molar-refractivity contribution is 6.99. The van der Waals surface area contributed by atoms with E-state index in [9.17, 15) is 14.7 Å². The lowest BCUT2D eigenvalue weighted by Crippen LogP contribution is -2.32. The normalized spacial score (nSPS) is 11.7. The first-order valence-corrected chi connectivity index (χ1v) is 10.2. The maximum absolute atomic E-state index is 12.5. The van der Waals surface area contributed by atoms with Gasteiger partial charge in [-0.05, 0) is 37.6 Å². The molecule has 2 aromatic heterocycles. The number of aromatic hydroxyl groups is 1. The standard InChI is InChI=1S/C20H23N5O5S/c1-4-13(15-9-8-11(2)30-15)21-18-19(24-31-23-18)22-14-7-5-6-12(17(14)28)20(29)25(3)10-16(26)27/h5-9,13,28H,4,10H2,1-3H3,(H,21,23)(H,22,24)(H,26,27)/t13-/m1/s1. The monoisotopic (exact) mass is 445 g/mol.